The zero-order valence-electron chi connectivity index (χ0n) is 21.1. The Labute approximate surface area is 219 Å². The van der Waals surface area contributed by atoms with Crippen molar-refractivity contribution in [1.82, 2.24) is 14.5 Å². The Balaban J connectivity index is 0.000000324. The maximum absolute atomic E-state index is 11.5. The van der Waals surface area contributed by atoms with Gasteiger partial charge in [0.25, 0.3) is 0 Å². The molecule has 212 valence electrons. The standard InChI is InChI=1S/C12H16O4.C9H13N3O5.C3H7NO/c13-8-12(16)11(15)7-10(14)6-9-4-2-1-3-5-9;10-5-1-2-12(9(16)11-5)8-7(15)6(14)4(3-13)17-8;1-4(2)3-5/h1-5,11-13,15-16H,6-8H2;1-2,4,6-8,13-15H,3H2,(H2,10,11,16);3H,1-2H3/t;4-,6-,7-,8-;/m.1./s1. The first-order chi connectivity index (χ1) is 17.9. The smallest absolute Gasteiger partial charge is 0.351 e. The van der Waals surface area contributed by atoms with Gasteiger partial charge in [-0.3, -0.25) is 14.2 Å². The molecule has 0 spiro atoms. The highest BCUT2D eigenvalue weighted by Gasteiger charge is 2.43. The first-order valence-corrected chi connectivity index (χ1v) is 11.6. The number of aliphatic hydroxyl groups excluding tert-OH is 6. The Kier molecular flexibility index (Phi) is 14.3. The molecule has 6 atom stereocenters. The predicted octanol–water partition coefficient (Wildman–Crippen LogP) is -2.96. The van der Waals surface area contributed by atoms with E-state index in [1.807, 2.05) is 30.3 Å². The van der Waals surface area contributed by atoms with E-state index in [9.17, 15) is 29.7 Å². The molecule has 2 unspecified atom stereocenters. The summed E-state index contributed by atoms with van der Waals surface area (Å²) in [7, 11) is 3.38. The van der Waals surface area contributed by atoms with E-state index >= 15 is 0 Å². The molecule has 1 saturated heterocycles. The Morgan fingerprint density at radius 3 is 2.21 bits per heavy atom. The van der Waals surface area contributed by atoms with Gasteiger partial charge in [0.15, 0.2) is 6.23 Å². The summed E-state index contributed by atoms with van der Waals surface area (Å²) in [5.41, 5.74) is 5.50. The number of amides is 1. The molecule has 8 N–H and O–H groups in total. The van der Waals surface area contributed by atoms with Crippen molar-refractivity contribution in [2.45, 2.75) is 49.6 Å². The van der Waals surface area contributed by atoms with E-state index in [2.05, 4.69) is 4.98 Å². The Hall–Kier alpha value is -3.24. The number of ether oxygens (including phenoxy) is 1. The van der Waals surface area contributed by atoms with E-state index < -0.39 is 55.7 Å². The second kappa shape index (κ2) is 16.6. The quantitative estimate of drug-likeness (QED) is 0.158. The SMILES string of the molecule is CN(C)C=O.Nc1ccn([C@@H]2O[C@H](CO)[C@@H](O)[C@H]2O)c(=O)n1.O=C(Cc1ccccc1)CC(O)C(O)CO. The molecule has 0 saturated carbocycles. The minimum atomic E-state index is -1.31. The fourth-order valence-electron chi connectivity index (χ4n) is 3.12. The fourth-order valence-corrected chi connectivity index (χ4v) is 3.12. The van der Waals surface area contributed by atoms with Gasteiger partial charge < -0.3 is 46.0 Å². The number of nitrogen functional groups attached to an aromatic ring is 1. The number of aromatic nitrogens is 2. The molecule has 0 radical (unpaired) electrons. The first kappa shape index (κ1) is 32.8. The molecule has 1 aliphatic rings. The maximum atomic E-state index is 11.5. The number of rotatable bonds is 9. The van der Waals surface area contributed by atoms with Crippen LogP contribution in [0.1, 0.15) is 18.2 Å². The molecule has 0 aliphatic carbocycles. The number of nitrogens with two attached hydrogens (primary N) is 1. The third kappa shape index (κ3) is 10.6. The number of carbonyl (C=O) groups is 2. The highest BCUT2D eigenvalue weighted by molar-refractivity contribution is 5.81. The highest BCUT2D eigenvalue weighted by Crippen LogP contribution is 2.27. The van der Waals surface area contributed by atoms with Crippen molar-refractivity contribution in [2.24, 2.45) is 0 Å². The van der Waals surface area contributed by atoms with E-state index in [-0.39, 0.29) is 24.4 Å². The van der Waals surface area contributed by atoms with Crippen molar-refractivity contribution in [3.8, 4) is 0 Å². The average Bonchev–Trinajstić information content (AvgIpc) is 3.18. The van der Waals surface area contributed by atoms with Crippen molar-refractivity contribution < 1.29 is 45.0 Å². The van der Waals surface area contributed by atoms with Crippen LogP contribution in [0.3, 0.4) is 0 Å². The Morgan fingerprint density at radius 1 is 1.13 bits per heavy atom. The van der Waals surface area contributed by atoms with E-state index in [1.165, 1.54) is 17.2 Å². The number of carbonyl (C=O) groups excluding carboxylic acids is 2. The third-order valence-corrected chi connectivity index (χ3v) is 5.17. The zero-order chi connectivity index (χ0) is 28.8. The summed E-state index contributed by atoms with van der Waals surface area (Å²) in [4.78, 5) is 37.4. The molecule has 3 rings (SSSR count). The average molecular weight is 541 g/mol. The van der Waals surface area contributed by atoms with E-state index in [4.69, 9.17) is 25.8 Å². The summed E-state index contributed by atoms with van der Waals surface area (Å²) < 4.78 is 6.19. The van der Waals surface area contributed by atoms with E-state index in [0.717, 1.165) is 16.5 Å². The van der Waals surface area contributed by atoms with Gasteiger partial charge in [-0.25, -0.2) is 4.79 Å². The molecule has 1 aliphatic heterocycles. The van der Waals surface area contributed by atoms with Crippen molar-refractivity contribution >= 4 is 18.0 Å². The lowest BCUT2D eigenvalue weighted by Crippen LogP contribution is -2.36. The summed E-state index contributed by atoms with van der Waals surface area (Å²) in [5, 5.41) is 55.2. The van der Waals surface area contributed by atoms with Gasteiger partial charge in [-0.05, 0) is 11.6 Å². The molecule has 14 heteroatoms. The van der Waals surface area contributed by atoms with Crippen LogP contribution in [0.2, 0.25) is 0 Å². The fraction of sp³-hybridized carbons (Fsp3) is 0.500. The van der Waals surface area contributed by atoms with Gasteiger partial charge in [0.2, 0.25) is 6.41 Å². The number of Topliss-reactive ketones (excluding diaryl/α,β-unsaturated/α-hetero) is 1. The monoisotopic (exact) mass is 540 g/mol. The number of hydrogen-bond donors (Lipinski definition) is 7. The zero-order valence-corrected chi connectivity index (χ0v) is 21.1. The number of nitrogens with zero attached hydrogens (tertiary/aromatic N) is 3. The van der Waals surface area contributed by atoms with Crippen LogP contribution in [0.4, 0.5) is 5.82 Å². The molecule has 14 nitrogen and oxygen atoms in total. The van der Waals surface area contributed by atoms with Gasteiger partial charge >= 0.3 is 5.69 Å². The van der Waals surface area contributed by atoms with Crippen LogP contribution in [0, 0.1) is 0 Å². The van der Waals surface area contributed by atoms with Gasteiger partial charge in [-0.1, -0.05) is 30.3 Å². The van der Waals surface area contributed by atoms with Crippen molar-refractivity contribution in [2.75, 3.05) is 33.0 Å². The second-order valence-corrected chi connectivity index (χ2v) is 8.56. The predicted molar refractivity (Wildman–Crippen MR) is 135 cm³/mol. The van der Waals surface area contributed by atoms with Gasteiger partial charge in [-0.2, -0.15) is 4.98 Å². The van der Waals surface area contributed by atoms with Crippen LogP contribution >= 0.6 is 0 Å². The lowest BCUT2D eigenvalue weighted by molar-refractivity contribution is -0.122. The number of hydrogen-bond acceptors (Lipinski definition) is 12. The van der Waals surface area contributed by atoms with Crippen molar-refractivity contribution in [3.05, 3.63) is 58.6 Å². The van der Waals surface area contributed by atoms with Crippen LogP contribution in [0.15, 0.2) is 47.4 Å². The highest BCUT2D eigenvalue weighted by atomic mass is 16.6. The van der Waals surface area contributed by atoms with Crippen molar-refractivity contribution in [1.29, 1.82) is 0 Å². The largest absolute Gasteiger partial charge is 0.394 e. The molecule has 38 heavy (non-hydrogen) atoms. The number of anilines is 1. The van der Waals surface area contributed by atoms with E-state index in [1.54, 1.807) is 14.1 Å². The summed E-state index contributed by atoms with van der Waals surface area (Å²) in [6.07, 6.45) is -4.87. The molecular formula is C24H36N4O10. The number of ketones is 1. The molecular weight excluding hydrogens is 504 g/mol. The molecule has 2 aromatic rings. The summed E-state index contributed by atoms with van der Waals surface area (Å²) in [6, 6.07) is 10.6. The van der Waals surface area contributed by atoms with Crippen LogP contribution in [0.25, 0.3) is 0 Å². The van der Waals surface area contributed by atoms with Gasteiger partial charge in [0.05, 0.1) is 19.3 Å². The molecule has 0 bridgehead atoms. The van der Waals surface area contributed by atoms with Gasteiger partial charge in [-0.15, -0.1) is 0 Å². The number of benzene rings is 1. The van der Waals surface area contributed by atoms with Crippen LogP contribution in [-0.2, 0) is 20.7 Å². The second-order valence-electron chi connectivity index (χ2n) is 8.56. The first-order valence-electron chi connectivity index (χ1n) is 11.6. The summed E-state index contributed by atoms with van der Waals surface area (Å²) in [5.74, 6) is -0.107. The molecule has 2 heterocycles. The molecule has 1 aromatic carbocycles. The summed E-state index contributed by atoms with van der Waals surface area (Å²) >= 11 is 0. The van der Waals surface area contributed by atoms with E-state index in [0.29, 0.717) is 0 Å². The molecule has 1 aromatic heterocycles. The lowest BCUT2D eigenvalue weighted by atomic mass is 10.0. The van der Waals surface area contributed by atoms with Crippen LogP contribution in [-0.4, -0.2) is 115 Å². The topological polar surface area (TPSA) is 229 Å². The van der Waals surface area contributed by atoms with Crippen LogP contribution in [0.5, 0.6) is 0 Å². The van der Waals surface area contributed by atoms with Crippen molar-refractivity contribution in [3.63, 3.8) is 0 Å². The molecule has 1 amide bonds. The third-order valence-electron chi connectivity index (χ3n) is 5.17. The maximum Gasteiger partial charge on any atom is 0.351 e. The number of aliphatic hydroxyl groups is 6. The van der Waals surface area contributed by atoms with Gasteiger partial charge in [0, 0.05) is 33.1 Å². The Bertz CT molecular complexity index is 1040. The minimum absolute atomic E-state index is 0.0537. The normalized spacial score (nSPS) is 21.7. The minimum Gasteiger partial charge on any atom is -0.394 e. The van der Waals surface area contributed by atoms with Crippen LogP contribution < -0.4 is 11.4 Å². The Morgan fingerprint density at radius 2 is 1.74 bits per heavy atom. The molecule has 1 fully saturated rings. The summed E-state index contributed by atoms with van der Waals surface area (Å²) in [6.45, 7) is -0.994. The van der Waals surface area contributed by atoms with Gasteiger partial charge in [0.1, 0.15) is 36.0 Å². The lowest BCUT2D eigenvalue weighted by Gasteiger charge is -2.16.